The third kappa shape index (κ3) is 4.06. The van der Waals surface area contributed by atoms with Crippen LogP contribution in [0.25, 0.3) is 10.8 Å². The number of carbonyl (C=O) groups is 1. The number of nitrogens with one attached hydrogen (secondary N) is 1. The number of anilines is 1. The predicted octanol–water partition coefficient (Wildman–Crippen LogP) is 5.94. The number of ether oxygens (including phenoxy) is 1. The van der Waals surface area contributed by atoms with Gasteiger partial charge in [0.2, 0.25) is 0 Å². The van der Waals surface area contributed by atoms with Gasteiger partial charge in [0.15, 0.2) is 6.10 Å². The molecule has 0 aliphatic rings. The normalized spacial score (nSPS) is 12.0. The highest BCUT2D eigenvalue weighted by Gasteiger charge is 2.20. The summed E-state index contributed by atoms with van der Waals surface area (Å²) in [6.45, 7) is 1.90. The van der Waals surface area contributed by atoms with Gasteiger partial charge in [-0.15, -0.1) is 0 Å². The Morgan fingerprint density at radius 2 is 1.84 bits per heavy atom. The summed E-state index contributed by atoms with van der Waals surface area (Å²) in [5, 5.41) is 5.75. The van der Waals surface area contributed by atoms with Crippen molar-refractivity contribution in [3.05, 3.63) is 70.7 Å². The Hall–Kier alpha value is -2.23. The first-order valence-corrected chi connectivity index (χ1v) is 8.74. The summed E-state index contributed by atoms with van der Waals surface area (Å²) in [7, 11) is 0. The average Bonchev–Trinajstić information content (AvgIpc) is 2.62. The summed E-state index contributed by atoms with van der Waals surface area (Å²) in [5.41, 5.74) is 0.471. The van der Waals surface area contributed by atoms with Crippen LogP contribution in [0.2, 0.25) is 10.0 Å². The highest BCUT2D eigenvalue weighted by atomic mass is 35.5. The number of halogens is 2. The molecule has 3 rings (SSSR count). The van der Waals surface area contributed by atoms with Crippen molar-refractivity contribution in [2.24, 2.45) is 0 Å². The van der Waals surface area contributed by atoms with Crippen LogP contribution in [0.4, 0.5) is 5.69 Å². The Morgan fingerprint density at radius 1 is 1.08 bits per heavy atom. The molecule has 0 saturated carbocycles. The second-order valence-electron chi connectivity index (χ2n) is 5.61. The topological polar surface area (TPSA) is 38.3 Å². The van der Waals surface area contributed by atoms with Gasteiger partial charge >= 0.3 is 0 Å². The minimum Gasteiger partial charge on any atom is -0.480 e. The van der Waals surface area contributed by atoms with E-state index in [0.29, 0.717) is 27.9 Å². The predicted molar refractivity (Wildman–Crippen MR) is 104 cm³/mol. The molecule has 0 spiro atoms. The molecule has 0 heterocycles. The SMILES string of the molecule is CC[C@H](Oc1cccc2ccccc12)C(=O)Nc1cc(Cl)ccc1Cl. The molecule has 5 heteroatoms. The van der Waals surface area contributed by atoms with E-state index in [1.165, 1.54) is 0 Å². The number of fused-ring (bicyclic) bond motifs is 1. The Morgan fingerprint density at radius 3 is 2.64 bits per heavy atom. The van der Waals surface area contributed by atoms with Gasteiger partial charge in [-0.25, -0.2) is 0 Å². The van der Waals surface area contributed by atoms with Gasteiger partial charge in [-0.2, -0.15) is 0 Å². The second kappa shape index (κ2) is 7.77. The average molecular weight is 374 g/mol. The van der Waals surface area contributed by atoms with E-state index in [-0.39, 0.29) is 5.91 Å². The Kier molecular flexibility index (Phi) is 5.47. The molecule has 3 aromatic carbocycles. The van der Waals surface area contributed by atoms with E-state index < -0.39 is 6.10 Å². The van der Waals surface area contributed by atoms with Crippen molar-refractivity contribution in [1.29, 1.82) is 0 Å². The molecule has 1 amide bonds. The molecule has 0 bridgehead atoms. The molecule has 1 atom stereocenters. The molecular formula is C20H17Cl2NO2. The van der Waals surface area contributed by atoms with E-state index in [2.05, 4.69) is 5.32 Å². The molecule has 0 radical (unpaired) electrons. The molecule has 0 unspecified atom stereocenters. The molecule has 0 fully saturated rings. The second-order valence-corrected chi connectivity index (χ2v) is 6.45. The van der Waals surface area contributed by atoms with Crippen LogP contribution in [-0.2, 0) is 4.79 Å². The van der Waals surface area contributed by atoms with Crippen LogP contribution in [0.1, 0.15) is 13.3 Å². The van der Waals surface area contributed by atoms with Gasteiger partial charge in [0.25, 0.3) is 5.91 Å². The van der Waals surface area contributed by atoms with Crippen LogP contribution >= 0.6 is 23.2 Å². The van der Waals surface area contributed by atoms with E-state index >= 15 is 0 Å². The van der Waals surface area contributed by atoms with Gasteiger partial charge in [-0.1, -0.05) is 66.5 Å². The lowest BCUT2D eigenvalue weighted by molar-refractivity contribution is -0.122. The van der Waals surface area contributed by atoms with Crippen molar-refractivity contribution in [1.82, 2.24) is 0 Å². The van der Waals surface area contributed by atoms with Crippen LogP contribution < -0.4 is 10.1 Å². The molecule has 25 heavy (non-hydrogen) atoms. The quantitative estimate of drug-likeness (QED) is 0.600. The van der Waals surface area contributed by atoms with Crippen molar-refractivity contribution in [3.63, 3.8) is 0 Å². The lowest BCUT2D eigenvalue weighted by Crippen LogP contribution is -2.32. The fourth-order valence-corrected chi connectivity index (χ4v) is 2.92. The molecule has 0 aliphatic heterocycles. The van der Waals surface area contributed by atoms with E-state index in [4.69, 9.17) is 27.9 Å². The number of hydrogen-bond donors (Lipinski definition) is 1. The number of carbonyl (C=O) groups excluding carboxylic acids is 1. The Bertz CT molecular complexity index is 906. The minimum atomic E-state index is -0.638. The molecule has 128 valence electrons. The zero-order valence-corrected chi connectivity index (χ0v) is 15.1. The van der Waals surface area contributed by atoms with Crippen LogP contribution in [0.3, 0.4) is 0 Å². The number of amides is 1. The summed E-state index contributed by atoms with van der Waals surface area (Å²) in [5.74, 6) is 0.414. The van der Waals surface area contributed by atoms with Crippen molar-refractivity contribution >= 4 is 45.6 Å². The minimum absolute atomic E-state index is 0.264. The van der Waals surface area contributed by atoms with Crippen LogP contribution in [0.15, 0.2) is 60.7 Å². The van der Waals surface area contributed by atoms with E-state index in [0.717, 1.165) is 10.8 Å². The smallest absolute Gasteiger partial charge is 0.265 e. The molecule has 0 saturated heterocycles. The summed E-state index contributed by atoms with van der Waals surface area (Å²) < 4.78 is 5.99. The molecular weight excluding hydrogens is 357 g/mol. The molecule has 0 aliphatic carbocycles. The maximum atomic E-state index is 12.6. The number of hydrogen-bond acceptors (Lipinski definition) is 2. The third-order valence-corrected chi connectivity index (χ3v) is 4.43. The first-order chi connectivity index (χ1) is 12.1. The highest BCUT2D eigenvalue weighted by molar-refractivity contribution is 6.35. The fourth-order valence-electron chi connectivity index (χ4n) is 2.58. The summed E-state index contributed by atoms with van der Waals surface area (Å²) >= 11 is 12.1. The zero-order valence-electron chi connectivity index (χ0n) is 13.6. The third-order valence-electron chi connectivity index (χ3n) is 3.87. The van der Waals surface area contributed by atoms with Crippen LogP contribution in [0.5, 0.6) is 5.75 Å². The van der Waals surface area contributed by atoms with Crippen molar-refractivity contribution in [3.8, 4) is 5.75 Å². The molecule has 0 aromatic heterocycles. The van der Waals surface area contributed by atoms with Gasteiger partial charge in [-0.3, -0.25) is 4.79 Å². The number of benzene rings is 3. The monoisotopic (exact) mass is 373 g/mol. The summed E-state index contributed by atoms with van der Waals surface area (Å²) in [6, 6.07) is 18.6. The largest absolute Gasteiger partial charge is 0.480 e. The molecule has 3 nitrogen and oxygen atoms in total. The molecule has 1 N–H and O–H groups in total. The zero-order chi connectivity index (χ0) is 17.8. The van der Waals surface area contributed by atoms with Crippen molar-refractivity contribution < 1.29 is 9.53 Å². The standard InChI is InChI=1S/C20H17Cl2NO2/c1-2-18(20(24)23-17-12-14(21)10-11-16(17)22)25-19-9-5-7-13-6-3-4-8-15(13)19/h3-12,18H,2H2,1H3,(H,23,24)/t18-/m0/s1. The van der Waals surface area contributed by atoms with Crippen molar-refractivity contribution in [2.75, 3.05) is 5.32 Å². The molecule has 3 aromatic rings. The summed E-state index contributed by atoms with van der Waals surface area (Å²) in [6.07, 6.45) is -0.117. The van der Waals surface area contributed by atoms with E-state index in [1.807, 2.05) is 49.4 Å². The van der Waals surface area contributed by atoms with Crippen LogP contribution in [0, 0.1) is 0 Å². The lowest BCUT2D eigenvalue weighted by Gasteiger charge is -2.19. The first-order valence-electron chi connectivity index (χ1n) is 7.99. The van der Waals surface area contributed by atoms with Gasteiger partial charge in [0, 0.05) is 10.4 Å². The first kappa shape index (κ1) is 17.6. The number of rotatable bonds is 5. The lowest BCUT2D eigenvalue weighted by atomic mass is 10.1. The fraction of sp³-hybridized carbons (Fsp3) is 0.150. The highest BCUT2D eigenvalue weighted by Crippen LogP contribution is 2.28. The van der Waals surface area contributed by atoms with E-state index in [1.54, 1.807) is 18.2 Å². The Labute approximate surface area is 156 Å². The van der Waals surface area contributed by atoms with Gasteiger partial charge in [-0.05, 0) is 36.1 Å². The van der Waals surface area contributed by atoms with Gasteiger partial charge in [0.1, 0.15) is 5.75 Å². The van der Waals surface area contributed by atoms with Gasteiger partial charge in [0.05, 0.1) is 10.7 Å². The summed E-state index contributed by atoms with van der Waals surface area (Å²) in [4.78, 5) is 12.6. The Balaban J connectivity index is 1.82. The van der Waals surface area contributed by atoms with Gasteiger partial charge < -0.3 is 10.1 Å². The maximum absolute atomic E-state index is 12.6. The van der Waals surface area contributed by atoms with E-state index in [9.17, 15) is 4.79 Å². The maximum Gasteiger partial charge on any atom is 0.265 e. The van der Waals surface area contributed by atoms with Crippen LogP contribution in [-0.4, -0.2) is 12.0 Å². The van der Waals surface area contributed by atoms with Crippen molar-refractivity contribution in [2.45, 2.75) is 19.4 Å².